The lowest BCUT2D eigenvalue weighted by Crippen LogP contribution is -2.48. The van der Waals surface area contributed by atoms with Crippen LogP contribution < -0.4 is 15.4 Å². The summed E-state index contributed by atoms with van der Waals surface area (Å²) in [7, 11) is 5.79. The van der Waals surface area contributed by atoms with E-state index < -0.39 is 0 Å². The van der Waals surface area contributed by atoms with Gasteiger partial charge >= 0.3 is 0 Å². The van der Waals surface area contributed by atoms with Gasteiger partial charge in [0.15, 0.2) is 0 Å². The first-order valence-electron chi connectivity index (χ1n) is 6.89. The Morgan fingerprint density at radius 2 is 1.95 bits per heavy atom. The van der Waals surface area contributed by atoms with Gasteiger partial charge in [-0.2, -0.15) is 9.97 Å². The number of aromatic nitrogens is 2. The Morgan fingerprint density at radius 1 is 1.25 bits per heavy atom. The summed E-state index contributed by atoms with van der Waals surface area (Å²) in [5.41, 5.74) is 5.71. The lowest BCUT2D eigenvalue weighted by Gasteiger charge is -2.35. The first-order chi connectivity index (χ1) is 9.58. The molecule has 0 aliphatic carbocycles. The number of piperazine rings is 1. The van der Waals surface area contributed by atoms with Crippen molar-refractivity contribution in [1.29, 1.82) is 0 Å². The van der Waals surface area contributed by atoms with E-state index in [1.54, 1.807) is 7.11 Å². The Bertz CT molecular complexity index is 431. The van der Waals surface area contributed by atoms with E-state index in [1.165, 1.54) is 0 Å². The molecule has 2 rings (SSSR count). The SMILES string of the molecule is COc1cc(N2CCN(CCN(C)C)CC2)nc(N)n1. The van der Waals surface area contributed by atoms with Crippen molar-refractivity contribution >= 4 is 11.8 Å². The van der Waals surface area contributed by atoms with Crippen LogP contribution in [0.4, 0.5) is 11.8 Å². The molecule has 1 aromatic rings. The predicted molar refractivity (Wildman–Crippen MR) is 80.2 cm³/mol. The molecule has 0 amide bonds. The molecule has 1 aliphatic rings. The third-order valence-electron chi connectivity index (χ3n) is 3.48. The summed E-state index contributed by atoms with van der Waals surface area (Å²) in [6.45, 7) is 6.19. The maximum Gasteiger partial charge on any atom is 0.225 e. The van der Waals surface area contributed by atoms with Crippen molar-refractivity contribution < 1.29 is 4.74 Å². The van der Waals surface area contributed by atoms with Crippen LogP contribution in [0.15, 0.2) is 6.07 Å². The fourth-order valence-corrected chi connectivity index (χ4v) is 2.24. The number of hydrogen-bond donors (Lipinski definition) is 1. The molecule has 0 radical (unpaired) electrons. The third-order valence-corrected chi connectivity index (χ3v) is 3.48. The van der Waals surface area contributed by atoms with Gasteiger partial charge in [0.1, 0.15) is 5.82 Å². The van der Waals surface area contributed by atoms with Crippen LogP contribution in [-0.4, -0.2) is 80.2 Å². The average molecular weight is 280 g/mol. The molecule has 2 heterocycles. The molecule has 0 unspecified atom stereocenters. The van der Waals surface area contributed by atoms with E-state index >= 15 is 0 Å². The minimum Gasteiger partial charge on any atom is -0.481 e. The number of rotatable bonds is 5. The molecule has 0 bridgehead atoms. The summed E-state index contributed by atoms with van der Waals surface area (Å²) in [6, 6.07) is 1.84. The van der Waals surface area contributed by atoms with Crippen LogP contribution in [0.2, 0.25) is 0 Å². The van der Waals surface area contributed by atoms with Crippen molar-refractivity contribution in [3.63, 3.8) is 0 Å². The van der Waals surface area contributed by atoms with Crippen LogP contribution in [-0.2, 0) is 0 Å². The number of likely N-dealkylation sites (N-methyl/N-ethyl adjacent to an activating group) is 1. The summed E-state index contributed by atoms with van der Waals surface area (Å²) in [5.74, 6) is 1.62. The van der Waals surface area contributed by atoms with Crippen molar-refractivity contribution in [3.05, 3.63) is 6.07 Å². The highest BCUT2D eigenvalue weighted by molar-refractivity contribution is 5.45. The number of hydrogen-bond acceptors (Lipinski definition) is 7. The highest BCUT2D eigenvalue weighted by Crippen LogP contribution is 2.19. The molecule has 0 atom stereocenters. The first kappa shape index (κ1) is 14.8. The zero-order valence-electron chi connectivity index (χ0n) is 12.5. The van der Waals surface area contributed by atoms with Gasteiger partial charge in [0.2, 0.25) is 11.8 Å². The van der Waals surface area contributed by atoms with E-state index in [0.29, 0.717) is 5.88 Å². The van der Waals surface area contributed by atoms with Gasteiger partial charge in [-0.3, -0.25) is 4.90 Å². The van der Waals surface area contributed by atoms with Gasteiger partial charge in [0.25, 0.3) is 0 Å². The van der Waals surface area contributed by atoms with E-state index in [0.717, 1.165) is 45.1 Å². The molecular formula is C13H24N6O. The standard InChI is InChI=1S/C13H24N6O/c1-17(2)4-5-18-6-8-19(9-7-18)11-10-12(20-3)16-13(14)15-11/h10H,4-9H2,1-3H3,(H2,14,15,16). The fraction of sp³-hybridized carbons (Fsp3) is 0.692. The number of ether oxygens (including phenoxy) is 1. The molecular weight excluding hydrogens is 256 g/mol. The van der Waals surface area contributed by atoms with Crippen LogP contribution in [0.3, 0.4) is 0 Å². The maximum absolute atomic E-state index is 5.71. The summed E-state index contributed by atoms with van der Waals surface area (Å²) < 4.78 is 5.14. The molecule has 20 heavy (non-hydrogen) atoms. The molecule has 1 fully saturated rings. The van der Waals surface area contributed by atoms with Gasteiger partial charge in [0.05, 0.1) is 7.11 Å². The molecule has 1 aliphatic heterocycles. The topological polar surface area (TPSA) is 70.8 Å². The fourth-order valence-electron chi connectivity index (χ4n) is 2.24. The molecule has 1 saturated heterocycles. The molecule has 0 aromatic carbocycles. The maximum atomic E-state index is 5.71. The number of anilines is 2. The van der Waals surface area contributed by atoms with E-state index in [9.17, 15) is 0 Å². The monoisotopic (exact) mass is 280 g/mol. The lowest BCUT2D eigenvalue weighted by molar-refractivity contribution is 0.229. The van der Waals surface area contributed by atoms with Gasteiger partial charge in [0, 0.05) is 45.3 Å². The van der Waals surface area contributed by atoms with Crippen molar-refractivity contribution in [1.82, 2.24) is 19.8 Å². The molecule has 7 heteroatoms. The van der Waals surface area contributed by atoms with Crippen molar-refractivity contribution in [2.24, 2.45) is 0 Å². The van der Waals surface area contributed by atoms with Gasteiger partial charge in [-0.15, -0.1) is 0 Å². The summed E-state index contributed by atoms with van der Waals surface area (Å²) in [4.78, 5) is 15.2. The quantitative estimate of drug-likeness (QED) is 0.797. The van der Waals surface area contributed by atoms with E-state index in [-0.39, 0.29) is 5.95 Å². The normalized spacial score (nSPS) is 16.7. The van der Waals surface area contributed by atoms with Crippen molar-refractivity contribution in [2.45, 2.75) is 0 Å². The first-order valence-corrected chi connectivity index (χ1v) is 6.89. The zero-order valence-corrected chi connectivity index (χ0v) is 12.5. The Morgan fingerprint density at radius 3 is 2.55 bits per heavy atom. The molecule has 0 saturated carbocycles. The number of nitrogen functional groups attached to an aromatic ring is 1. The van der Waals surface area contributed by atoms with Gasteiger partial charge < -0.3 is 20.3 Å². The second-order valence-corrected chi connectivity index (χ2v) is 5.26. The van der Waals surface area contributed by atoms with Crippen LogP contribution in [0, 0.1) is 0 Å². The third kappa shape index (κ3) is 3.94. The largest absolute Gasteiger partial charge is 0.481 e. The molecule has 1 aromatic heterocycles. The van der Waals surface area contributed by atoms with Crippen molar-refractivity contribution in [2.75, 3.05) is 71.1 Å². The zero-order chi connectivity index (χ0) is 14.5. The summed E-state index contributed by atoms with van der Waals surface area (Å²) in [6.07, 6.45) is 0. The van der Waals surface area contributed by atoms with Crippen LogP contribution in [0.1, 0.15) is 0 Å². The molecule has 7 nitrogen and oxygen atoms in total. The summed E-state index contributed by atoms with van der Waals surface area (Å²) >= 11 is 0. The van der Waals surface area contributed by atoms with Crippen molar-refractivity contribution in [3.8, 4) is 5.88 Å². The number of nitrogens with two attached hydrogens (primary N) is 1. The van der Waals surface area contributed by atoms with Crippen LogP contribution in [0.5, 0.6) is 5.88 Å². The molecule has 112 valence electrons. The number of methoxy groups -OCH3 is 1. The summed E-state index contributed by atoms with van der Waals surface area (Å²) in [5, 5.41) is 0. The number of nitrogens with zero attached hydrogens (tertiary/aromatic N) is 5. The van der Waals surface area contributed by atoms with E-state index in [4.69, 9.17) is 10.5 Å². The molecule has 2 N–H and O–H groups in total. The van der Waals surface area contributed by atoms with Gasteiger partial charge in [-0.1, -0.05) is 0 Å². The smallest absolute Gasteiger partial charge is 0.225 e. The lowest BCUT2D eigenvalue weighted by atomic mass is 10.3. The van der Waals surface area contributed by atoms with Crippen LogP contribution >= 0.6 is 0 Å². The predicted octanol–water partition coefficient (Wildman–Crippen LogP) is -0.249. The minimum absolute atomic E-state index is 0.259. The highest BCUT2D eigenvalue weighted by Gasteiger charge is 2.19. The minimum atomic E-state index is 0.259. The van der Waals surface area contributed by atoms with E-state index in [1.807, 2.05) is 6.07 Å². The van der Waals surface area contributed by atoms with E-state index in [2.05, 4.69) is 38.8 Å². The second kappa shape index (κ2) is 6.71. The van der Waals surface area contributed by atoms with Gasteiger partial charge in [-0.05, 0) is 14.1 Å². The average Bonchev–Trinajstić information content (AvgIpc) is 2.45. The highest BCUT2D eigenvalue weighted by atomic mass is 16.5. The Balaban J connectivity index is 1.91. The second-order valence-electron chi connectivity index (χ2n) is 5.26. The Hall–Kier alpha value is -1.60. The molecule has 0 spiro atoms. The Kier molecular flexibility index (Phi) is 4.97. The Labute approximate surface area is 120 Å². The van der Waals surface area contributed by atoms with Crippen LogP contribution in [0.25, 0.3) is 0 Å². The van der Waals surface area contributed by atoms with Gasteiger partial charge in [-0.25, -0.2) is 0 Å².